The Morgan fingerprint density at radius 3 is 2.35 bits per heavy atom. The third-order valence-corrected chi connectivity index (χ3v) is 3.71. The van der Waals surface area contributed by atoms with Crippen LogP contribution in [-0.2, 0) is 11.0 Å². The number of fused-ring (bicyclic) bond motifs is 1. The zero-order chi connectivity index (χ0) is 18.9. The van der Waals surface area contributed by atoms with E-state index < -0.39 is 30.5 Å². The predicted molar refractivity (Wildman–Crippen MR) is 84.0 cm³/mol. The number of halogens is 4. The van der Waals surface area contributed by atoms with Gasteiger partial charge >= 0.3 is 12.1 Å². The molecule has 26 heavy (non-hydrogen) atoms. The van der Waals surface area contributed by atoms with Crippen molar-refractivity contribution in [2.75, 3.05) is 6.67 Å². The van der Waals surface area contributed by atoms with E-state index in [1.807, 2.05) is 0 Å². The van der Waals surface area contributed by atoms with E-state index in [-0.39, 0.29) is 22.8 Å². The van der Waals surface area contributed by atoms with E-state index in [2.05, 4.69) is 0 Å². The Morgan fingerprint density at radius 1 is 1.12 bits per heavy atom. The van der Waals surface area contributed by atoms with E-state index >= 15 is 0 Å². The Bertz CT molecular complexity index is 856. The zero-order valence-corrected chi connectivity index (χ0v) is 13.1. The summed E-state index contributed by atoms with van der Waals surface area (Å²) in [6, 6.07) is 8.57. The van der Waals surface area contributed by atoms with Crippen LogP contribution in [0.5, 0.6) is 17.2 Å². The van der Waals surface area contributed by atoms with E-state index in [4.69, 9.17) is 14.6 Å². The van der Waals surface area contributed by atoms with Gasteiger partial charge in [0.15, 0.2) is 6.10 Å². The number of carboxylic acids is 1. The zero-order valence-electron chi connectivity index (χ0n) is 13.1. The first-order valence-corrected chi connectivity index (χ1v) is 7.44. The van der Waals surface area contributed by atoms with E-state index in [0.717, 1.165) is 12.1 Å². The van der Waals surface area contributed by atoms with Crippen LogP contribution in [0.2, 0.25) is 0 Å². The molecule has 0 aliphatic carbocycles. The van der Waals surface area contributed by atoms with Gasteiger partial charge in [-0.3, -0.25) is 0 Å². The number of ether oxygens (including phenoxy) is 2. The van der Waals surface area contributed by atoms with Crippen LogP contribution < -0.4 is 9.47 Å². The molecule has 0 fully saturated rings. The monoisotopic (exact) mass is 368 g/mol. The molecular formula is C18H12F4O4. The quantitative estimate of drug-likeness (QED) is 0.795. The lowest BCUT2D eigenvalue weighted by Crippen LogP contribution is -2.29. The molecule has 0 spiro atoms. The summed E-state index contributed by atoms with van der Waals surface area (Å²) < 4.78 is 61.4. The van der Waals surface area contributed by atoms with Gasteiger partial charge in [0.05, 0.1) is 11.1 Å². The highest BCUT2D eigenvalue weighted by Crippen LogP contribution is 2.35. The lowest BCUT2D eigenvalue weighted by molar-refractivity contribution is -0.137. The standard InChI is InChI=1S/C18H12F4O4/c19-9-16-14(17(23)24)8-10-7-13(5-6-15(10)26-16)25-12-3-1-11(2-4-12)18(20,21)22/h1-8,16H,9H2,(H,23,24). The van der Waals surface area contributed by atoms with Gasteiger partial charge in [0.25, 0.3) is 0 Å². The summed E-state index contributed by atoms with van der Waals surface area (Å²) in [4.78, 5) is 11.2. The summed E-state index contributed by atoms with van der Waals surface area (Å²) in [5.41, 5.74) is -0.654. The van der Waals surface area contributed by atoms with E-state index in [0.29, 0.717) is 5.56 Å². The molecule has 2 aromatic rings. The fourth-order valence-electron chi connectivity index (χ4n) is 2.45. The van der Waals surface area contributed by atoms with Crippen LogP contribution in [0.15, 0.2) is 48.0 Å². The summed E-state index contributed by atoms with van der Waals surface area (Å²) in [7, 11) is 0. The Balaban J connectivity index is 1.85. The van der Waals surface area contributed by atoms with E-state index in [9.17, 15) is 22.4 Å². The van der Waals surface area contributed by atoms with Gasteiger partial charge in [-0.1, -0.05) is 0 Å². The average molecular weight is 368 g/mol. The minimum atomic E-state index is -4.44. The molecule has 1 unspecified atom stereocenters. The first-order chi connectivity index (χ1) is 12.3. The maximum absolute atomic E-state index is 12.9. The number of hydrogen-bond acceptors (Lipinski definition) is 3. The third-order valence-electron chi connectivity index (χ3n) is 3.71. The van der Waals surface area contributed by atoms with E-state index in [1.165, 1.54) is 36.4 Å². The summed E-state index contributed by atoms with van der Waals surface area (Å²) in [5.74, 6) is -0.560. The van der Waals surface area contributed by atoms with Gasteiger partial charge in [-0.25, -0.2) is 9.18 Å². The Kier molecular flexibility index (Phi) is 4.58. The summed E-state index contributed by atoms with van der Waals surface area (Å²) >= 11 is 0. The number of rotatable bonds is 4. The molecule has 0 saturated heterocycles. The molecule has 4 nitrogen and oxygen atoms in total. The van der Waals surface area contributed by atoms with Crippen molar-refractivity contribution in [2.45, 2.75) is 12.3 Å². The molecule has 0 saturated carbocycles. The fourth-order valence-corrected chi connectivity index (χ4v) is 2.45. The van der Waals surface area contributed by atoms with Gasteiger partial charge in [-0.05, 0) is 48.5 Å². The molecule has 1 atom stereocenters. The average Bonchev–Trinajstić information content (AvgIpc) is 2.60. The van der Waals surface area contributed by atoms with Gasteiger partial charge in [0.2, 0.25) is 0 Å². The van der Waals surface area contributed by atoms with Crippen molar-refractivity contribution in [3.8, 4) is 17.2 Å². The van der Waals surface area contributed by atoms with Gasteiger partial charge in [0, 0.05) is 5.56 Å². The number of alkyl halides is 4. The van der Waals surface area contributed by atoms with Gasteiger partial charge in [0.1, 0.15) is 23.9 Å². The molecule has 2 aromatic carbocycles. The Labute approximate surface area is 145 Å². The van der Waals surface area contributed by atoms with Crippen LogP contribution in [0.1, 0.15) is 11.1 Å². The predicted octanol–water partition coefficient (Wildman–Crippen LogP) is 4.70. The van der Waals surface area contributed by atoms with Crippen molar-refractivity contribution >= 4 is 12.0 Å². The molecule has 3 rings (SSSR count). The molecule has 1 heterocycles. The number of hydrogen-bond donors (Lipinski definition) is 1. The molecule has 136 valence electrons. The lowest BCUT2D eigenvalue weighted by atomic mass is 10.0. The number of aliphatic carboxylic acids is 1. The van der Waals surface area contributed by atoms with Crippen molar-refractivity contribution < 1.29 is 36.9 Å². The summed E-state index contributed by atoms with van der Waals surface area (Å²) in [6.07, 6.45) is -4.35. The van der Waals surface area contributed by atoms with Crippen molar-refractivity contribution in [1.29, 1.82) is 0 Å². The highest BCUT2D eigenvalue weighted by molar-refractivity contribution is 5.94. The van der Waals surface area contributed by atoms with Crippen LogP contribution in [-0.4, -0.2) is 23.9 Å². The molecule has 0 radical (unpaired) electrons. The second kappa shape index (κ2) is 6.70. The van der Waals surface area contributed by atoms with Crippen molar-refractivity contribution in [1.82, 2.24) is 0 Å². The van der Waals surface area contributed by atoms with Crippen molar-refractivity contribution in [3.05, 3.63) is 59.2 Å². The van der Waals surface area contributed by atoms with E-state index in [1.54, 1.807) is 0 Å². The van der Waals surface area contributed by atoms with Crippen LogP contribution in [0.3, 0.4) is 0 Å². The largest absolute Gasteiger partial charge is 0.482 e. The second-order valence-corrected chi connectivity index (χ2v) is 5.49. The van der Waals surface area contributed by atoms with Crippen LogP contribution in [0.4, 0.5) is 17.6 Å². The molecule has 1 aliphatic rings. The summed E-state index contributed by atoms with van der Waals surface area (Å²) in [5, 5.41) is 9.12. The van der Waals surface area contributed by atoms with Crippen LogP contribution >= 0.6 is 0 Å². The normalized spacial score (nSPS) is 16.3. The van der Waals surface area contributed by atoms with Crippen LogP contribution in [0, 0.1) is 0 Å². The molecule has 0 bridgehead atoms. The highest BCUT2D eigenvalue weighted by Gasteiger charge is 2.30. The highest BCUT2D eigenvalue weighted by atomic mass is 19.4. The lowest BCUT2D eigenvalue weighted by Gasteiger charge is -2.23. The maximum atomic E-state index is 12.9. The number of benzene rings is 2. The Morgan fingerprint density at radius 2 is 1.77 bits per heavy atom. The Hall–Kier alpha value is -3.03. The van der Waals surface area contributed by atoms with Crippen molar-refractivity contribution in [3.63, 3.8) is 0 Å². The minimum absolute atomic E-state index is 0.179. The maximum Gasteiger partial charge on any atom is 0.416 e. The molecule has 0 aromatic heterocycles. The van der Waals surface area contributed by atoms with Gasteiger partial charge < -0.3 is 14.6 Å². The third kappa shape index (κ3) is 3.63. The first-order valence-electron chi connectivity index (χ1n) is 7.44. The smallest absolute Gasteiger partial charge is 0.416 e. The number of carboxylic acid groups (broad SMARTS) is 1. The number of carbonyl (C=O) groups is 1. The first kappa shape index (κ1) is 17.8. The molecular weight excluding hydrogens is 356 g/mol. The molecule has 1 N–H and O–H groups in total. The second-order valence-electron chi connectivity index (χ2n) is 5.49. The minimum Gasteiger partial charge on any atom is -0.482 e. The van der Waals surface area contributed by atoms with Gasteiger partial charge in [-0.2, -0.15) is 13.2 Å². The topological polar surface area (TPSA) is 55.8 Å². The molecule has 8 heteroatoms. The van der Waals surface area contributed by atoms with Crippen molar-refractivity contribution in [2.24, 2.45) is 0 Å². The fraction of sp³-hybridized carbons (Fsp3) is 0.167. The summed E-state index contributed by atoms with van der Waals surface area (Å²) in [6.45, 7) is -0.985. The van der Waals surface area contributed by atoms with Gasteiger partial charge in [-0.15, -0.1) is 0 Å². The molecule has 1 aliphatic heterocycles. The SMILES string of the molecule is O=C(O)C1=Cc2cc(Oc3ccc(C(F)(F)F)cc3)ccc2OC1CF. The molecule has 0 amide bonds. The van der Waals surface area contributed by atoms with Crippen LogP contribution in [0.25, 0.3) is 6.08 Å².